The maximum atomic E-state index is 10.9. The number of carbonyl (C=O) groups is 1. The van der Waals surface area contributed by atoms with Gasteiger partial charge in [0.1, 0.15) is 5.76 Å². The van der Waals surface area contributed by atoms with Crippen molar-refractivity contribution in [3.8, 4) is 0 Å². The van der Waals surface area contributed by atoms with Gasteiger partial charge in [-0.2, -0.15) is 0 Å². The number of amides is 1. The number of ether oxygens (including phenoxy) is 1. The molecule has 0 aliphatic rings. The van der Waals surface area contributed by atoms with E-state index < -0.39 is 5.41 Å². The van der Waals surface area contributed by atoms with Crippen molar-refractivity contribution in [1.82, 2.24) is 5.32 Å². The Hall–Kier alpha value is -1.29. The summed E-state index contributed by atoms with van der Waals surface area (Å²) in [5.41, 5.74) is -0.0264. The number of aliphatic hydroxyl groups excluding tert-OH is 1. The van der Waals surface area contributed by atoms with E-state index in [1.54, 1.807) is 6.08 Å². The molecular weight excluding hydrogens is 218 g/mol. The number of carbonyl (C=O) groups excluding carboxylic acids is 1. The van der Waals surface area contributed by atoms with E-state index in [0.717, 1.165) is 6.42 Å². The third-order valence-electron chi connectivity index (χ3n) is 2.17. The van der Waals surface area contributed by atoms with Gasteiger partial charge in [-0.25, -0.2) is 0 Å². The fourth-order valence-corrected chi connectivity index (χ4v) is 1.14. The zero-order chi connectivity index (χ0) is 13.5. The van der Waals surface area contributed by atoms with Gasteiger partial charge in [-0.15, -0.1) is 0 Å². The molecule has 0 atom stereocenters. The number of aliphatic hydroxyl groups is 1. The highest BCUT2D eigenvalue weighted by Gasteiger charge is 2.24. The summed E-state index contributed by atoms with van der Waals surface area (Å²) in [6, 6.07) is 0. The highest BCUT2D eigenvalue weighted by atomic mass is 16.5. The van der Waals surface area contributed by atoms with Crippen molar-refractivity contribution < 1.29 is 14.6 Å². The van der Waals surface area contributed by atoms with Gasteiger partial charge in [-0.3, -0.25) is 4.79 Å². The second kappa shape index (κ2) is 7.12. The molecule has 0 unspecified atom stereocenters. The van der Waals surface area contributed by atoms with Gasteiger partial charge in [0.15, 0.2) is 0 Å². The Kier molecular flexibility index (Phi) is 6.58. The summed E-state index contributed by atoms with van der Waals surface area (Å²) in [5, 5.41) is 11.9. The number of hydrogen-bond acceptors (Lipinski definition) is 3. The molecule has 0 saturated heterocycles. The molecule has 0 aromatic carbocycles. The fraction of sp³-hybridized carbons (Fsp3) is 0.615. The van der Waals surface area contributed by atoms with Crippen LogP contribution in [0.15, 0.2) is 24.1 Å². The predicted molar refractivity (Wildman–Crippen MR) is 68.1 cm³/mol. The molecule has 17 heavy (non-hydrogen) atoms. The zero-order valence-corrected chi connectivity index (χ0v) is 11.2. The Morgan fingerprint density at radius 1 is 1.53 bits per heavy atom. The first-order chi connectivity index (χ1) is 7.83. The summed E-state index contributed by atoms with van der Waals surface area (Å²) in [5.74, 6) is 0.448. The predicted octanol–water partition coefficient (Wildman–Crippen LogP) is 1.97. The summed E-state index contributed by atoms with van der Waals surface area (Å²) in [6.45, 7) is 11.4. The van der Waals surface area contributed by atoms with Crippen molar-refractivity contribution >= 4 is 5.91 Å². The molecule has 0 aromatic rings. The Morgan fingerprint density at radius 3 is 2.53 bits per heavy atom. The zero-order valence-electron chi connectivity index (χ0n) is 11.2. The van der Waals surface area contributed by atoms with E-state index in [0.29, 0.717) is 18.1 Å². The van der Waals surface area contributed by atoms with E-state index in [9.17, 15) is 9.90 Å². The van der Waals surface area contributed by atoms with Crippen LogP contribution in [0.25, 0.3) is 0 Å². The molecule has 0 heterocycles. The van der Waals surface area contributed by atoms with Crippen molar-refractivity contribution in [3.63, 3.8) is 0 Å². The number of hydrogen-bond donors (Lipinski definition) is 2. The van der Waals surface area contributed by atoms with Crippen LogP contribution in [0.2, 0.25) is 0 Å². The van der Waals surface area contributed by atoms with Crippen LogP contribution in [0.5, 0.6) is 0 Å². The molecule has 0 aromatic heterocycles. The van der Waals surface area contributed by atoms with Crippen LogP contribution in [-0.2, 0) is 9.53 Å². The van der Waals surface area contributed by atoms with Crippen LogP contribution in [-0.4, -0.2) is 24.2 Å². The van der Waals surface area contributed by atoms with Crippen LogP contribution >= 0.6 is 0 Å². The SMILES string of the molecule is C=C(C=C(OCCC)C(C)(C)CO)NC(C)=O. The number of rotatable bonds is 7. The molecule has 2 N–H and O–H groups in total. The van der Waals surface area contributed by atoms with Gasteiger partial charge in [-0.05, 0) is 12.5 Å². The first kappa shape index (κ1) is 15.7. The normalized spacial score (nSPS) is 12.2. The van der Waals surface area contributed by atoms with E-state index in [4.69, 9.17) is 4.74 Å². The second-order valence-corrected chi connectivity index (χ2v) is 4.61. The van der Waals surface area contributed by atoms with Gasteiger partial charge in [0.2, 0.25) is 5.91 Å². The van der Waals surface area contributed by atoms with E-state index in [2.05, 4.69) is 11.9 Å². The molecule has 1 amide bonds. The first-order valence-electron chi connectivity index (χ1n) is 5.75. The second-order valence-electron chi connectivity index (χ2n) is 4.61. The van der Waals surface area contributed by atoms with Crippen LogP contribution < -0.4 is 5.32 Å². The van der Waals surface area contributed by atoms with Crippen molar-refractivity contribution in [2.45, 2.75) is 34.1 Å². The van der Waals surface area contributed by atoms with E-state index in [1.165, 1.54) is 6.92 Å². The molecule has 0 aliphatic carbocycles. The molecule has 0 saturated carbocycles. The van der Waals surface area contributed by atoms with E-state index in [-0.39, 0.29) is 12.5 Å². The average Bonchev–Trinajstić information content (AvgIpc) is 2.22. The molecule has 0 spiro atoms. The van der Waals surface area contributed by atoms with Gasteiger partial charge in [-0.1, -0.05) is 27.4 Å². The van der Waals surface area contributed by atoms with Gasteiger partial charge in [0.05, 0.1) is 13.2 Å². The van der Waals surface area contributed by atoms with Crippen molar-refractivity contribution in [1.29, 1.82) is 0 Å². The average molecular weight is 241 g/mol. The summed E-state index contributed by atoms with van der Waals surface area (Å²) in [7, 11) is 0. The monoisotopic (exact) mass is 241 g/mol. The Balaban J connectivity index is 4.84. The maximum absolute atomic E-state index is 10.9. The van der Waals surface area contributed by atoms with Gasteiger partial charge in [0, 0.05) is 18.0 Å². The van der Waals surface area contributed by atoms with Crippen molar-refractivity contribution in [2.75, 3.05) is 13.2 Å². The molecule has 98 valence electrons. The molecular formula is C13H23NO3. The summed E-state index contributed by atoms with van der Waals surface area (Å²) in [6.07, 6.45) is 2.54. The molecule has 0 bridgehead atoms. The Labute approximate surface area is 103 Å². The lowest BCUT2D eigenvalue weighted by Crippen LogP contribution is -2.24. The largest absolute Gasteiger partial charge is 0.497 e. The number of nitrogens with one attached hydrogen (secondary N) is 1. The van der Waals surface area contributed by atoms with Gasteiger partial charge >= 0.3 is 0 Å². The van der Waals surface area contributed by atoms with Gasteiger partial charge in [0.25, 0.3) is 0 Å². The van der Waals surface area contributed by atoms with E-state index in [1.807, 2.05) is 20.8 Å². The van der Waals surface area contributed by atoms with Crippen LogP contribution in [0.3, 0.4) is 0 Å². The van der Waals surface area contributed by atoms with Gasteiger partial charge < -0.3 is 15.2 Å². The summed E-state index contributed by atoms with van der Waals surface area (Å²) >= 11 is 0. The smallest absolute Gasteiger partial charge is 0.221 e. The minimum absolute atomic E-state index is 0.0318. The fourth-order valence-electron chi connectivity index (χ4n) is 1.14. The summed E-state index contributed by atoms with van der Waals surface area (Å²) < 4.78 is 5.59. The van der Waals surface area contributed by atoms with Crippen LogP contribution in [0.1, 0.15) is 34.1 Å². The molecule has 0 rings (SSSR count). The minimum atomic E-state index is -0.490. The minimum Gasteiger partial charge on any atom is -0.497 e. The highest BCUT2D eigenvalue weighted by Crippen LogP contribution is 2.27. The number of allylic oxidation sites excluding steroid dienone is 1. The maximum Gasteiger partial charge on any atom is 0.221 e. The lowest BCUT2D eigenvalue weighted by molar-refractivity contribution is -0.118. The quantitative estimate of drug-likeness (QED) is 0.529. The molecule has 0 aliphatic heterocycles. The Morgan fingerprint density at radius 2 is 2.12 bits per heavy atom. The molecule has 4 heteroatoms. The standard InChI is InChI=1S/C13H23NO3/c1-6-7-17-12(13(4,5)9-15)8-10(2)14-11(3)16/h8,15H,2,6-7,9H2,1,3-5H3,(H,14,16). The Bertz CT molecular complexity index is 306. The third-order valence-corrected chi connectivity index (χ3v) is 2.17. The lowest BCUT2D eigenvalue weighted by atomic mass is 9.91. The molecule has 0 radical (unpaired) electrons. The first-order valence-corrected chi connectivity index (χ1v) is 5.75. The molecule has 4 nitrogen and oxygen atoms in total. The molecule has 0 fully saturated rings. The third kappa shape index (κ3) is 6.12. The van der Waals surface area contributed by atoms with Crippen molar-refractivity contribution in [2.24, 2.45) is 5.41 Å². The summed E-state index contributed by atoms with van der Waals surface area (Å²) in [4.78, 5) is 10.9. The lowest BCUT2D eigenvalue weighted by Gasteiger charge is -2.26. The van der Waals surface area contributed by atoms with Crippen molar-refractivity contribution in [3.05, 3.63) is 24.1 Å². The van der Waals surface area contributed by atoms with Crippen LogP contribution in [0, 0.1) is 5.41 Å². The topological polar surface area (TPSA) is 58.6 Å². The van der Waals surface area contributed by atoms with E-state index >= 15 is 0 Å². The highest BCUT2D eigenvalue weighted by molar-refractivity contribution is 5.75. The van der Waals surface area contributed by atoms with Crippen LogP contribution in [0.4, 0.5) is 0 Å².